The molecule has 1 atom stereocenters. The molecule has 0 spiro atoms. The van der Waals surface area contributed by atoms with Gasteiger partial charge in [0.15, 0.2) is 0 Å². The number of unbranched alkanes of at least 4 members (excludes halogenated alkanes) is 4. The van der Waals surface area contributed by atoms with Gasteiger partial charge in [0, 0.05) is 0 Å². The monoisotopic (exact) mass is 424 g/mol. The van der Waals surface area contributed by atoms with Crippen molar-refractivity contribution in [3.8, 4) is 0 Å². The van der Waals surface area contributed by atoms with E-state index in [1.165, 1.54) is 32.1 Å². The number of hydrogen-bond donors (Lipinski definition) is 0. The van der Waals surface area contributed by atoms with Gasteiger partial charge in [0.1, 0.15) is 0 Å². The SMILES string of the molecule is CC(C)CCCCCOC(=O)CC(C(=O)OCCCCCC(C)C)C1CCCCC1. The zero-order valence-corrected chi connectivity index (χ0v) is 20.3. The van der Waals surface area contributed by atoms with Crippen molar-refractivity contribution in [2.24, 2.45) is 23.7 Å². The highest BCUT2D eigenvalue weighted by molar-refractivity contribution is 5.80. The Bertz CT molecular complexity index is 452. The summed E-state index contributed by atoms with van der Waals surface area (Å²) in [7, 11) is 0. The average molecular weight is 425 g/mol. The molecular weight excluding hydrogens is 376 g/mol. The quantitative estimate of drug-likeness (QED) is 0.196. The number of carbonyl (C=O) groups is 2. The van der Waals surface area contributed by atoms with Crippen LogP contribution in [0.25, 0.3) is 0 Å². The zero-order valence-electron chi connectivity index (χ0n) is 20.3. The van der Waals surface area contributed by atoms with Crippen LogP contribution in [0, 0.1) is 23.7 Å². The molecule has 1 fully saturated rings. The van der Waals surface area contributed by atoms with E-state index in [0.29, 0.717) is 13.2 Å². The summed E-state index contributed by atoms with van der Waals surface area (Å²) in [4.78, 5) is 25.2. The molecule has 1 unspecified atom stereocenters. The van der Waals surface area contributed by atoms with E-state index in [0.717, 1.165) is 63.2 Å². The van der Waals surface area contributed by atoms with E-state index >= 15 is 0 Å². The summed E-state index contributed by atoms with van der Waals surface area (Å²) < 4.78 is 11.1. The molecule has 0 saturated heterocycles. The number of rotatable bonds is 16. The highest BCUT2D eigenvalue weighted by atomic mass is 16.5. The summed E-state index contributed by atoms with van der Waals surface area (Å²) in [5.74, 6) is 0.984. The first-order valence-electron chi connectivity index (χ1n) is 12.7. The van der Waals surface area contributed by atoms with Crippen LogP contribution in [0.2, 0.25) is 0 Å². The van der Waals surface area contributed by atoms with Crippen LogP contribution in [0.3, 0.4) is 0 Å². The van der Waals surface area contributed by atoms with E-state index in [4.69, 9.17) is 9.47 Å². The van der Waals surface area contributed by atoms with Gasteiger partial charge in [-0.1, -0.05) is 85.5 Å². The van der Waals surface area contributed by atoms with Crippen LogP contribution in [-0.4, -0.2) is 25.2 Å². The fourth-order valence-electron chi connectivity index (χ4n) is 4.35. The van der Waals surface area contributed by atoms with Crippen molar-refractivity contribution in [1.29, 1.82) is 0 Å². The second-order valence-corrected chi connectivity index (χ2v) is 10.1. The maximum absolute atomic E-state index is 12.8. The summed E-state index contributed by atoms with van der Waals surface area (Å²) in [5.41, 5.74) is 0. The molecule has 0 aliphatic heterocycles. The van der Waals surface area contributed by atoms with Crippen molar-refractivity contribution in [2.45, 2.75) is 118 Å². The van der Waals surface area contributed by atoms with E-state index in [1.807, 2.05) is 0 Å². The van der Waals surface area contributed by atoms with Gasteiger partial charge in [0.2, 0.25) is 0 Å². The minimum Gasteiger partial charge on any atom is -0.466 e. The van der Waals surface area contributed by atoms with E-state index in [-0.39, 0.29) is 30.2 Å². The molecule has 1 aliphatic carbocycles. The summed E-state index contributed by atoms with van der Waals surface area (Å²) >= 11 is 0. The summed E-state index contributed by atoms with van der Waals surface area (Å²) in [6, 6.07) is 0. The Hall–Kier alpha value is -1.06. The molecule has 0 bridgehead atoms. The number of ether oxygens (including phenoxy) is 2. The van der Waals surface area contributed by atoms with Crippen LogP contribution in [-0.2, 0) is 19.1 Å². The first kappa shape index (κ1) is 27.0. The number of carbonyl (C=O) groups excluding carboxylic acids is 2. The van der Waals surface area contributed by atoms with Crippen LogP contribution in [0.15, 0.2) is 0 Å². The van der Waals surface area contributed by atoms with Crippen LogP contribution >= 0.6 is 0 Å². The van der Waals surface area contributed by atoms with Gasteiger partial charge in [0.05, 0.1) is 25.6 Å². The summed E-state index contributed by atoms with van der Waals surface area (Å²) in [5, 5.41) is 0. The molecule has 0 aromatic heterocycles. The van der Waals surface area contributed by atoms with Gasteiger partial charge in [0.25, 0.3) is 0 Å². The Morgan fingerprint density at radius 2 is 1.27 bits per heavy atom. The van der Waals surface area contributed by atoms with Crippen molar-refractivity contribution in [3.05, 3.63) is 0 Å². The van der Waals surface area contributed by atoms with Crippen molar-refractivity contribution in [1.82, 2.24) is 0 Å². The van der Waals surface area contributed by atoms with Gasteiger partial charge >= 0.3 is 11.9 Å². The molecule has 4 nitrogen and oxygen atoms in total. The van der Waals surface area contributed by atoms with Gasteiger partial charge in [-0.3, -0.25) is 9.59 Å². The van der Waals surface area contributed by atoms with E-state index in [1.54, 1.807) is 0 Å². The first-order chi connectivity index (χ1) is 14.4. The normalized spacial score (nSPS) is 16.1. The van der Waals surface area contributed by atoms with Crippen LogP contribution < -0.4 is 0 Å². The molecule has 4 heteroatoms. The maximum Gasteiger partial charge on any atom is 0.309 e. The third-order valence-corrected chi connectivity index (χ3v) is 6.27. The highest BCUT2D eigenvalue weighted by Crippen LogP contribution is 2.33. The predicted octanol–water partition coefficient (Wildman–Crippen LogP) is 7.09. The summed E-state index contributed by atoms with van der Waals surface area (Å²) in [6.07, 6.45) is 14.6. The Labute approximate surface area is 185 Å². The molecule has 0 amide bonds. The fraction of sp³-hybridized carbons (Fsp3) is 0.923. The Morgan fingerprint density at radius 1 is 0.733 bits per heavy atom. The molecule has 1 aliphatic rings. The van der Waals surface area contributed by atoms with Gasteiger partial charge in [-0.2, -0.15) is 0 Å². The van der Waals surface area contributed by atoms with Crippen molar-refractivity contribution >= 4 is 11.9 Å². The number of hydrogen-bond acceptors (Lipinski definition) is 4. The molecule has 1 rings (SSSR count). The van der Waals surface area contributed by atoms with Crippen LogP contribution in [0.1, 0.15) is 118 Å². The third kappa shape index (κ3) is 13.3. The van der Waals surface area contributed by atoms with E-state index < -0.39 is 0 Å². The van der Waals surface area contributed by atoms with Crippen molar-refractivity contribution in [3.63, 3.8) is 0 Å². The molecule has 0 radical (unpaired) electrons. The molecular formula is C26H48O4. The molecule has 0 aromatic rings. The van der Waals surface area contributed by atoms with Crippen molar-refractivity contribution < 1.29 is 19.1 Å². The lowest BCUT2D eigenvalue weighted by molar-refractivity contribution is -0.158. The first-order valence-corrected chi connectivity index (χ1v) is 12.7. The maximum atomic E-state index is 12.8. The smallest absolute Gasteiger partial charge is 0.309 e. The second-order valence-electron chi connectivity index (χ2n) is 10.1. The standard InChI is InChI=1S/C26H48O4/c1-21(2)14-8-6-12-18-29-25(27)20-24(23-16-10-5-11-17-23)26(28)30-19-13-7-9-15-22(3)4/h21-24H,5-20H2,1-4H3. The van der Waals surface area contributed by atoms with Gasteiger partial charge < -0.3 is 9.47 Å². The summed E-state index contributed by atoms with van der Waals surface area (Å²) in [6.45, 7) is 9.88. The fourth-order valence-corrected chi connectivity index (χ4v) is 4.35. The third-order valence-electron chi connectivity index (χ3n) is 6.27. The molecule has 30 heavy (non-hydrogen) atoms. The zero-order chi connectivity index (χ0) is 22.2. The predicted molar refractivity (Wildman–Crippen MR) is 123 cm³/mol. The average Bonchev–Trinajstić information content (AvgIpc) is 2.71. The van der Waals surface area contributed by atoms with Gasteiger partial charge in [-0.15, -0.1) is 0 Å². The van der Waals surface area contributed by atoms with Crippen LogP contribution in [0.4, 0.5) is 0 Å². The molecule has 176 valence electrons. The lowest BCUT2D eigenvalue weighted by Crippen LogP contribution is -2.30. The largest absolute Gasteiger partial charge is 0.466 e. The van der Waals surface area contributed by atoms with Gasteiger partial charge in [-0.25, -0.2) is 0 Å². The van der Waals surface area contributed by atoms with E-state index in [2.05, 4.69) is 27.7 Å². The Kier molecular flexibility index (Phi) is 14.9. The highest BCUT2D eigenvalue weighted by Gasteiger charge is 2.33. The minimum absolute atomic E-state index is 0.181. The lowest BCUT2D eigenvalue weighted by atomic mass is 9.78. The van der Waals surface area contributed by atoms with Gasteiger partial charge in [-0.05, 0) is 43.4 Å². The Balaban J connectivity index is 2.35. The molecule has 0 heterocycles. The van der Waals surface area contributed by atoms with Crippen LogP contribution in [0.5, 0.6) is 0 Å². The Morgan fingerprint density at radius 3 is 1.80 bits per heavy atom. The minimum atomic E-state index is -0.325. The van der Waals surface area contributed by atoms with Crippen molar-refractivity contribution in [2.75, 3.05) is 13.2 Å². The van der Waals surface area contributed by atoms with E-state index in [9.17, 15) is 9.59 Å². The molecule has 1 saturated carbocycles. The lowest BCUT2D eigenvalue weighted by Gasteiger charge is -2.28. The molecule has 0 N–H and O–H groups in total. The molecule has 0 aromatic carbocycles. The second kappa shape index (κ2) is 16.6. The topological polar surface area (TPSA) is 52.6 Å². The number of esters is 2.